The van der Waals surface area contributed by atoms with E-state index in [1.54, 1.807) is 7.11 Å². The summed E-state index contributed by atoms with van der Waals surface area (Å²) in [4.78, 5) is 0. The minimum absolute atomic E-state index is 0.222. The number of aliphatic hydroxyl groups is 1. The maximum Gasteiger partial charge on any atom is 0.123 e. The molecule has 0 saturated carbocycles. The van der Waals surface area contributed by atoms with Crippen molar-refractivity contribution in [1.82, 2.24) is 5.32 Å². The summed E-state index contributed by atoms with van der Waals surface area (Å²) < 4.78 is 5.47. The Morgan fingerprint density at radius 2 is 2.30 bits per heavy atom. The number of ether oxygens (including phenoxy) is 1. The Hall–Kier alpha value is -0.710. The molecule has 2 rings (SSSR count). The fourth-order valence-corrected chi connectivity index (χ4v) is 3.94. The van der Waals surface area contributed by atoms with Crippen LogP contribution in [0.15, 0.2) is 18.2 Å². The van der Waals surface area contributed by atoms with Gasteiger partial charge in [0.2, 0.25) is 0 Å². The smallest absolute Gasteiger partial charge is 0.123 e. The molecular weight excluding hydrogens is 270 g/mol. The number of benzene rings is 1. The summed E-state index contributed by atoms with van der Waals surface area (Å²) >= 11 is 1.83. The zero-order valence-corrected chi connectivity index (χ0v) is 13.4. The van der Waals surface area contributed by atoms with Crippen molar-refractivity contribution in [2.24, 2.45) is 0 Å². The molecule has 1 heterocycles. The molecule has 0 spiro atoms. The molecule has 1 fully saturated rings. The summed E-state index contributed by atoms with van der Waals surface area (Å²) in [7, 11) is 1.71. The lowest BCUT2D eigenvalue weighted by atomic mass is 9.98. The van der Waals surface area contributed by atoms with Crippen LogP contribution < -0.4 is 10.1 Å². The van der Waals surface area contributed by atoms with Crippen molar-refractivity contribution in [3.05, 3.63) is 29.3 Å². The number of thioether (sulfide) groups is 1. The molecule has 1 aliphatic rings. The van der Waals surface area contributed by atoms with E-state index in [9.17, 15) is 5.11 Å². The first-order valence-electron chi connectivity index (χ1n) is 7.26. The van der Waals surface area contributed by atoms with Gasteiger partial charge < -0.3 is 15.2 Å². The van der Waals surface area contributed by atoms with Gasteiger partial charge in [0, 0.05) is 23.9 Å². The third-order valence-corrected chi connectivity index (χ3v) is 5.16. The molecule has 1 aromatic carbocycles. The van der Waals surface area contributed by atoms with Gasteiger partial charge in [0.25, 0.3) is 0 Å². The van der Waals surface area contributed by atoms with Gasteiger partial charge in [0.1, 0.15) is 5.75 Å². The topological polar surface area (TPSA) is 41.5 Å². The Kier molecular flexibility index (Phi) is 5.35. The van der Waals surface area contributed by atoms with Gasteiger partial charge in [0.05, 0.1) is 12.7 Å². The molecule has 2 unspecified atom stereocenters. The number of hydrogen-bond donors (Lipinski definition) is 2. The standard InChI is InChI=1S/C16H25NO2S/c1-4-14(17-10-16(18)7-8-20-11-16)13-9-12(2)5-6-15(13)19-3/h5-6,9,14,17-18H,4,7-8,10-11H2,1-3H3. The van der Waals surface area contributed by atoms with Crippen molar-refractivity contribution in [1.29, 1.82) is 0 Å². The van der Waals surface area contributed by atoms with Gasteiger partial charge in [0.15, 0.2) is 0 Å². The van der Waals surface area contributed by atoms with Crippen molar-refractivity contribution < 1.29 is 9.84 Å². The van der Waals surface area contributed by atoms with Crippen LogP contribution in [0.1, 0.15) is 36.9 Å². The Balaban J connectivity index is 2.09. The molecule has 0 radical (unpaired) electrons. The van der Waals surface area contributed by atoms with Gasteiger partial charge in [-0.25, -0.2) is 0 Å². The van der Waals surface area contributed by atoms with Crippen LogP contribution in [0.4, 0.5) is 0 Å². The molecule has 1 aromatic rings. The third-order valence-electron chi connectivity index (χ3n) is 3.93. The Morgan fingerprint density at radius 1 is 1.50 bits per heavy atom. The van der Waals surface area contributed by atoms with E-state index < -0.39 is 5.60 Å². The van der Waals surface area contributed by atoms with Gasteiger partial charge in [-0.2, -0.15) is 11.8 Å². The van der Waals surface area contributed by atoms with Gasteiger partial charge in [-0.15, -0.1) is 0 Å². The summed E-state index contributed by atoms with van der Waals surface area (Å²) in [5.41, 5.74) is 1.87. The highest BCUT2D eigenvalue weighted by atomic mass is 32.2. The van der Waals surface area contributed by atoms with E-state index in [0.29, 0.717) is 6.54 Å². The molecule has 0 bridgehead atoms. The molecule has 2 N–H and O–H groups in total. The van der Waals surface area contributed by atoms with Crippen molar-refractivity contribution >= 4 is 11.8 Å². The first-order valence-corrected chi connectivity index (χ1v) is 8.41. The largest absolute Gasteiger partial charge is 0.496 e. The SMILES string of the molecule is CCC(NCC1(O)CCSC1)c1cc(C)ccc1OC. The first kappa shape index (κ1) is 15.7. The Bertz CT molecular complexity index is 444. The molecule has 1 aliphatic heterocycles. The van der Waals surface area contributed by atoms with Gasteiger partial charge in [-0.05, 0) is 31.6 Å². The molecule has 112 valence electrons. The van der Waals surface area contributed by atoms with Crippen LogP contribution in [-0.2, 0) is 0 Å². The Morgan fingerprint density at radius 3 is 2.90 bits per heavy atom. The molecular formula is C16H25NO2S. The van der Waals surface area contributed by atoms with Crippen LogP contribution in [-0.4, -0.2) is 35.9 Å². The van der Waals surface area contributed by atoms with E-state index in [1.165, 1.54) is 11.1 Å². The first-order chi connectivity index (χ1) is 9.58. The van der Waals surface area contributed by atoms with Crippen LogP contribution in [0.25, 0.3) is 0 Å². The highest BCUT2D eigenvalue weighted by molar-refractivity contribution is 7.99. The number of nitrogens with one attached hydrogen (secondary N) is 1. The number of aryl methyl sites for hydroxylation is 1. The van der Waals surface area contributed by atoms with E-state index in [1.807, 2.05) is 17.8 Å². The number of methoxy groups -OCH3 is 1. The predicted octanol–water partition coefficient (Wildman–Crippen LogP) is 2.91. The minimum atomic E-state index is -0.546. The average Bonchev–Trinajstić information content (AvgIpc) is 2.87. The highest BCUT2D eigenvalue weighted by Crippen LogP contribution is 2.31. The molecule has 1 saturated heterocycles. The highest BCUT2D eigenvalue weighted by Gasteiger charge is 2.32. The van der Waals surface area contributed by atoms with Gasteiger partial charge in [-0.3, -0.25) is 0 Å². The Labute approximate surface area is 126 Å². The van der Waals surface area contributed by atoms with E-state index >= 15 is 0 Å². The summed E-state index contributed by atoms with van der Waals surface area (Å²) in [6, 6.07) is 6.48. The normalized spacial score (nSPS) is 23.8. The van der Waals surface area contributed by atoms with E-state index in [0.717, 1.165) is 30.1 Å². The van der Waals surface area contributed by atoms with E-state index in [4.69, 9.17) is 4.74 Å². The van der Waals surface area contributed by atoms with Crippen LogP contribution in [0.2, 0.25) is 0 Å². The van der Waals surface area contributed by atoms with Crippen molar-refractivity contribution in [2.45, 2.75) is 38.3 Å². The molecule has 4 heteroatoms. The summed E-state index contributed by atoms with van der Waals surface area (Å²) in [5.74, 6) is 2.81. The monoisotopic (exact) mass is 295 g/mol. The van der Waals surface area contributed by atoms with E-state index in [2.05, 4.69) is 31.3 Å². The second-order valence-electron chi connectivity index (χ2n) is 5.61. The third kappa shape index (κ3) is 3.68. The van der Waals surface area contributed by atoms with Crippen LogP contribution in [0, 0.1) is 6.92 Å². The minimum Gasteiger partial charge on any atom is -0.496 e. The summed E-state index contributed by atoms with van der Waals surface area (Å²) in [6.45, 7) is 4.90. The molecule has 20 heavy (non-hydrogen) atoms. The summed E-state index contributed by atoms with van der Waals surface area (Å²) in [6.07, 6.45) is 1.86. The van der Waals surface area contributed by atoms with Crippen molar-refractivity contribution in [2.75, 3.05) is 25.2 Å². The molecule has 0 aliphatic carbocycles. The molecule has 0 amide bonds. The number of hydrogen-bond acceptors (Lipinski definition) is 4. The fraction of sp³-hybridized carbons (Fsp3) is 0.625. The second kappa shape index (κ2) is 6.83. The van der Waals surface area contributed by atoms with Crippen LogP contribution in [0.3, 0.4) is 0 Å². The molecule has 2 atom stereocenters. The zero-order valence-electron chi connectivity index (χ0n) is 12.6. The number of rotatable bonds is 6. The van der Waals surface area contributed by atoms with Crippen molar-refractivity contribution in [3.8, 4) is 5.75 Å². The van der Waals surface area contributed by atoms with Gasteiger partial charge in [-0.1, -0.05) is 24.6 Å². The molecule has 0 aromatic heterocycles. The van der Waals surface area contributed by atoms with E-state index in [-0.39, 0.29) is 6.04 Å². The lowest BCUT2D eigenvalue weighted by Gasteiger charge is -2.27. The lowest BCUT2D eigenvalue weighted by molar-refractivity contribution is 0.0642. The van der Waals surface area contributed by atoms with Gasteiger partial charge >= 0.3 is 0 Å². The average molecular weight is 295 g/mol. The second-order valence-corrected chi connectivity index (χ2v) is 6.72. The lowest BCUT2D eigenvalue weighted by Crippen LogP contribution is -2.41. The fourth-order valence-electron chi connectivity index (χ4n) is 2.65. The van der Waals surface area contributed by atoms with Crippen LogP contribution >= 0.6 is 11.8 Å². The quantitative estimate of drug-likeness (QED) is 0.847. The maximum atomic E-state index is 10.4. The maximum absolute atomic E-state index is 10.4. The van der Waals surface area contributed by atoms with Crippen LogP contribution in [0.5, 0.6) is 5.75 Å². The van der Waals surface area contributed by atoms with Crippen molar-refractivity contribution in [3.63, 3.8) is 0 Å². The zero-order chi connectivity index (χ0) is 14.6. The predicted molar refractivity (Wildman–Crippen MR) is 85.7 cm³/mol. The molecule has 3 nitrogen and oxygen atoms in total. The summed E-state index contributed by atoms with van der Waals surface area (Å²) in [5, 5.41) is 14.0.